The quantitative estimate of drug-likeness (QED) is 0.299. The van der Waals surface area contributed by atoms with Crippen molar-refractivity contribution in [3.05, 3.63) is 23.5 Å². The standard InChI is InChI=1S/C5H4ClNO3S.Na/c6-5-2-1-4(3-7-5)11(8,9)10;/h1-3H,(H,8,9,10);/q;+1/p-1. The Bertz CT molecular complexity index is 349. The van der Waals surface area contributed by atoms with Crippen LogP contribution in [-0.2, 0) is 10.1 Å². The topological polar surface area (TPSA) is 70.1 Å². The second-order valence-electron chi connectivity index (χ2n) is 1.77. The maximum atomic E-state index is 10.3. The Labute approximate surface area is 97.0 Å². The van der Waals surface area contributed by atoms with Crippen LogP contribution in [0.5, 0.6) is 0 Å². The minimum Gasteiger partial charge on any atom is -0.744 e. The Kier molecular flexibility index (Phi) is 4.68. The molecule has 0 amide bonds. The molecule has 0 bridgehead atoms. The summed E-state index contributed by atoms with van der Waals surface area (Å²) >= 11 is 5.35. The number of hydrogen-bond donors (Lipinski definition) is 0. The van der Waals surface area contributed by atoms with Gasteiger partial charge < -0.3 is 4.55 Å². The van der Waals surface area contributed by atoms with Crippen LogP contribution in [0.4, 0.5) is 0 Å². The van der Waals surface area contributed by atoms with Gasteiger partial charge in [-0.25, -0.2) is 13.4 Å². The van der Waals surface area contributed by atoms with Crippen LogP contribution in [0, 0.1) is 0 Å². The van der Waals surface area contributed by atoms with Crippen molar-refractivity contribution in [2.45, 2.75) is 4.90 Å². The Balaban J connectivity index is 0.00000121. The SMILES string of the molecule is O=S(=O)([O-])c1ccc(Cl)nc1.[Na+]. The Morgan fingerprint density at radius 2 is 2.00 bits per heavy atom. The van der Waals surface area contributed by atoms with E-state index < -0.39 is 10.1 Å². The van der Waals surface area contributed by atoms with E-state index in [0.29, 0.717) is 0 Å². The van der Waals surface area contributed by atoms with Crippen molar-refractivity contribution in [1.29, 1.82) is 0 Å². The first-order chi connectivity index (χ1) is 5.00. The summed E-state index contributed by atoms with van der Waals surface area (Å²) in [6, 6.07) is 2.35. The Morgan fingerprint density at radius 1 is 1.42 bits per heavy atom. The Morgan fingerprint density at radius 3 is 2.33 bits per heavy atom. The number of aromatic nitrogens is 1. The maximum absolute atomic E-state index is 10.3. The molecule has 0 aromatic carbocycles. The van der Waals surface area contributed by atoms with E-state index >= 15 is 0 Å². The summed E-state index contributed by atoms with van der Waals surface area (Å²) in [5, 5.41) is 0.150. The van der Waals surface area contributed by atoms with E-state index in [-0.39, 0.29) is 39.6 Å². The third kappa shape index (κ3) is 3.38. The largest absolute Gasteiger partial charge is 1.00 e. The van der Waals surface area contributed by atoms with Gasteiger partial charge in [0.05, 0.1) is 4.90 Å². The molecule has 0 N–H and O–H groups in total. The van der Waals surface area contributed by atoms with Crippen LogP contribution in [0.1, 0.15) is 0 Å². The molecule has 0 unspecified atom stereocenters. The van der Waals surface area contributed by atoms with Crippen LogP contribution in [0.2, 0.25) is 5.15 Å². The van der Waals surface area contributed by atoms with Gasteiger partial charge in [-0.05, 0) is 12.1 Å². The molecule has 1 aromatic heterocycles. The van der Waals surface area contributed by atoms with Crippen LogP contribution >= 0.6 is 11.6 Å². The molecule has 12 heavy (non-hydrogen) atoms. The van der Waals surface area contributed by atoms with Crippen LogP contribution in [-0.4, -0.2) is 18.0 Å². The summed E-state index contributed by atoms with van der Waals surface area (Å²) in [6.07, 6.45) is 0.921. The number of pyridine rings is 1. The monoisotopic (exact) mass is 215 g/mol. The molecule has 0 saturated carbocycles. The second kappa shape index (κ2) is 4.55. The van der Waals surface area contributed by atoms with E-state index in [0.717, 1.165) is 12.3 Å². The minimum atomic E-state index is -4.39. The van der Waals surface area contributed by atoms with Crippen molar-refractivity contribution < 1.29 is 42.5 Å². The molecule has 0 fully saturated rings. The maximum Gasteiger partial charge on any atom is 1.00 e. The molecule has 0 aliphatic heterocycles. The number of nitrogens with zero attached hydrogens (tertiary/aromatic N) is 1. The normalized spacial score (nSPS) is 10.5. The third-order valence-corrected chi connectivity index (χ3v) is 2.03. The predicted octanol–water partition coefficient (Wildman–Crippen LogP) is -2.36. The molecule has 1 rings (SSSR count). The van der Waals surface area contributed by atoms with E-state index in [1.54, 1.807) is 0 Å². The predicted molar refractivity (Wildman–Crippen MR) is 37.2 cm³/mol. The van der Waals surface area contributed by atoms with Crippen LogP contribution in [0.15, 0.2) is 23.2 Å². The zero-order chi connectivity index (χ0) is 8.48. The van der Waals surface area contributed by atoms with Crippen molar-refractivity contribution in [1.82, 2.24) is 4.98 Å². The molecule has 60 valence electrons. The molecule has 0 aliphatic carbocycles. The fourth-order valence-electron chi connectivity index (χ4n) is 0.510. The van der Waals surface area contributed by atoms with Gasteiger partial charge in [0, 0.05) is 6.20 Å². The summed E-state index contributed by atoms with van der Waals surface area (Å²) < 4.78 is 30.9. The van der Waals surface area contributed by atoms with E-state index in [2.05, 4.69) is 4.98 Å². The van der Waals surface area contributed by atoms with Gasteiger partial charge in [-0.2, -0.15) is 0 Å². The Hall–Kier alpha value is 0.350. The first-order valence-electron chi connectivity index (χ1n) is 2.57. The van der Waals surface area contributed by atoms with Crippen molar-refractivity contribution in [3.8, 4) is 0 Å². The summed E-state index contributed by atoms with van der Waals surface area (Å²) in [7, 11) is -4.39. The number of rotatable bonds is 1. The molecule has 7 heteroatoms. The fraction of sp³-hybridized carbons (Fsp3) is 0. The first kappa shape index (κ1) is 12.3. The van der Waals surface area contributed by atoms with Gasteiger partial charge in [-0.1, -0.05) is 11.6 Å². The minimum absolute atomic E-state index is 0. The smallest absolute Gasteiger partial charge is 0.744 e. The number of hydrogen-bond acceptors (Lipinski definition) is 4. The van der Waals surface area contributed by atoms with Gasteiger partial charge >= 0.3 is 29.6 Å². The first-order valence-corrected chi connectivity index (χ1v) is 4.36. The molecule has 0 saturated heterocycles. The third-order valence-electron chi connectivity index (χ3n) is 0.989. The second-order valence-corrected chi connectivity index (χ2v) is 3.54. The zero-order valence-electron chi connectivity index (χ0n) is 6.19. The molecule has 0 aliphatic rings. The van der Waals surface area contributed by atoms with Gasteiger partial charge in [-0.3, -0.25) is 0 Å². The van der Waals surface area contributed by atoms with Crippen LogP contribution < -0.4 is 29.6 Å². The average Bonchev–Trinajstić information content (AvgIpc) is 1.86. The van der Waals surface area contributed by atoms with Gasteiger partial charge in [0.2, 0.25) is 0 Å². The molecule has 4 nitrogen and oxygen atoms in total. The molecule has 1 aromatic rings. The van der Waals surface area contributed by atoms with Gasteiger partial charge in [0.1, 0.15) is 15.3 Å². The van der Waals surface area contributed by atoms with Crippen molar-refractivity contribution in [2.24, 2.45) is 0 Å². The van der Waals surface area contributed by atoms with E-state index in [9.17, 15) is 13.0 Å². The van der Waals surface area contributed by atoms with Crippen LogP contribution in [0.3, 0.4) is 0 Å². The summed E-state index contributed by atoms with van der Waals surface area (Å²) in [5.74, 6) is 0. The number of halogens is 1. The van der Waals surface area contributed by atoms with Crippen molar-refractivity contribution in [2.75, 3.05) is 0 Å². The summed E-state index contributed by atoms with van der Waals surface area (Å²) in [5.41, 5.74) is 0. The molecule has 0 atom stereocenters. The van der Waals surface area contributed by atoms with Gasteiger partial charge in [-0.15, -0.1) is 0 Å². The molecular formula is C5H3ClNNaO3S. The van der Waals surface area contributed by atoms with Crippen molar-refractivity contribution >= 4 is 21.7 Å². The molecule has 1 heterocycles. The van der Waals surface area contributed by atoms with Crippen molar-refractivity contribution in [3.63, 3.8) is 0 Å². The van der Waals surface area contributed by atoms with Gasteiger partial charge in [0.15, 0.2) is 0 Å². The fourth-order valence-corrected chi connectivity index (χ4v) is 1.04. The average molecular weight is 216 g/mol. The summed E-state index contributed by atoms with van der Waals surface area (Å²) in [4.78, 5) is 3.06. The molecular weight excluding hydrogens is 213 g/mol. The zero-order valence-corrected chi connectivity index (χ0v) is 9.76. The van der Waals surface area contributed by atoms with E-state index in [1.165, 1.54) is 6.07 Å². The summed E-state index contributed by atoms with van der Waals surface area (Å²) in [6.45, 7) is 0. The van der Waals surface area contributed by atoms with E-state index in [1.807, 2.05) is 0 Å². The van der Waals surface area contributed by atoms with Crippen LogP contribution in [0.25, 0.3) is 0 Å². The van der Waals surface area contributed by atoms with E-state index in [4.69, 9.17) is 11.6 Å². The molecule has 0 spiro atoms. The molecule has 0 radical (unpaired) electrons. The van der Waals surface area contributed by atoms with Gasteiger partial charge in [0.25, 0.3) is 0 Å².